The number of nitrogens with zero attached hydrogens (tertiary/aromatic N) is 2. The molecule has 2 aromatic heterocycles. The average molecular weight is 457 g/mol. The zero-order chi connectivity index (χ0) is 22.1. The van der Waals surface area contributed by atoms with Crippen LogP contribution in [0.25, 0.3) is 0 Å². The molecule has 11 nitrogen and oxygen atoms in total. The minimum Gasteiger partial charge on any atom is -0.480 e. The second-order valence-electron chi connectivity index (χ2n) is 6.45. The molecule has 0 unspecified atom stereocenters. The molecular formula is C17H24N6O5S2. The monoisotopic (exact) mass is 456 g/mol. The molecule has 0 aliphatic carbocycles. The van der Waals surface area contributed by atoms with Gasteiger partial charge in [-0.05, 0) is 28.0 Å². The van der Waals surface area contributed by atoms with Gasteiger partial charge in [-0.1, -0.05) is 13.3 Å². The molecule has 0 saturated carbocycles. The number of nitrogens with one attached hydrogen (secondary N) is 3. The largest absolute Gasteiger partial charge is 0.480 e. The molecule has 13 heteroatoms. The van der Waals surface area contributed by atoms with Crippen molar-refractivity contribution < 1.29 is 24.6 Å². The van der Waals surface area contributed by atoms with Gasteiger partial charge in [-0.2, -0.15) is 0 Å². The van der Waals surface area contributed by atoms with Crippen LogP contribution in [-0.2, 0) is 27.2 Å². The Morgan fingerprint density at radius 1 is 1.07 bits per heavy atom. The van der Waals surface area contributed by atoms with E-state index in [0.29, 0.717) is 27.9 Å². The quantitative estimate of drug-likeness (QED) is 0.239. The minimum absolute atomic E-state index is 0.0490. The van der Waals surface area contributed by atoms with E-state index < -0.39 is 24.0 Å². The minimum atomic E-state index is -1.13. The highest BCUT2D eigenvalue weighted by Gasteiger charge is 2.23. The van der Waals surface area contributed by atoms with Crippen LogP contribution in [-0.4, -0.2) is 60.1 Å². The number of hydrogen-bond acceptors (Lipinski definition) is 8. The second-order valence-corrected chi connectivity index (χ2v) is 8.56. The molecule has 0 spiro atoms. The van der Waals surface area contributed by atoms with Crippen molar-refractivity contribution in [3.05, 3.63) is 24.0 Å². The molecule has 0 bridgehead atoms. The van der Waals surface area contributed by atoms with Crippen molar-refractivity contribution in [2.24, 2.45) is 5.73 Å². The van der Waals surface area contributed by atoms with E-state index in [2.05, 4.69) is 25.3 Å². The fourth-order valence-corrected chi connectivity index (χ4v) is 4.62. The van der Waals surface area contributed by atoms with Crippen LogP contribution >= 0.6 is 21.6 Å². The van der Waals surface area contributed by atoms with Gasteiger partial charge in [0.05, 0.1) is 24.0 Å². The van der Waals surface area contributed by atoms with Crippen LogP contribution in [0, 0.1) is 0 Å². The predicted octanol–water partition coefficient (Wildman–Crippen LogP) is 1.19. The normalized spacial score (nSPS) is 13.0. The van der Waals surface area contributed by atoms with E-state index in [1.54, 1.807) is 0 Å². The van der Waals surface area contributed by atoms with E-state index in [1.807, 2.05) is 6.92 Å². The van der Waals surface area contributed by atoms with Crippen LogP contribution in [0.1, 0.15) is 37.6 Å². The van der Waals surface area contributed by atoms with E-state index in [9.17, 15) is 19.5 Å². The number of H-pyrrole nitrogens is 2. The molecule has 2 rings (SSSR count). The van der Waals surface area contributed by atoms with E-state index in [-0.39, 0.29) is 25.2 Å². The van der Waals surface area contributed by atoms with Gasteiger partial charge < -0.3 is 31.2 Å². The summed E-state index contributed by atoms with van der Waals surface area (Å²) in [7, 11) is 2.49. The van der Waals surface area contributed by atoms with Crippen molar-refractivity contribution in [1.29, 1.82) is 0 Å². The first-order chi connectivity index (χ1) is 14.3. The molecule has 0 aromatic carbocycles. The number of aromatic amines is 2. The second kappa shape index (κ2) is 11.6. The molecular weight excluding hydrogens is 432 g/mol. The Morgan fingerprint density at radius 2 is 1.63 bits per heavy atom. The summed E-state index contributed by atoms with van der Waals surface area (Å²) in [6.45, 7) is 1.95. The Bertz CT molecular complexity index is 870. The summed E-state index contributed by atoms with van der Waals surface area (Å²) in [6, 6.07) is -2.13. The standard InChI is InChI=1S/C17H24N6O5S2/c1-2-3-4-13(24)23-12(17(27)28)6-11-15(22-8-20-11)30-29-14-10(19-7-21-14)5-9(18)16(25)26/h7-9,12H,2-6,18H2,1H3,(H,19,21)(H,20,22)(H,23,24)(H,25,26)(H,27,28)/t9-,12-/m0/s1. The Hall–Kier alpha value is -2.51. The molecule has 30 heavy (non-hydrogen) atoms. The topological polar surface area (TPSA) is 187 Å². The molecule has 2 atom stereocenters. The van der Waals surface area contributed by atoms with Gasteiger partial charge in [0.25, 0.3) is 0 Å². The highest BCUT2D eigenvalue weighted by atomic mass is 33.1. The maximum absolute atomic E-state index is 11.9. The van der Waals surface area contributed by atoms with Gasteiger partial charge in [0.15, 0.2) is 0 Å². The van der Waals surface area contributed by atoms with Gasteiger partial charge in [0.2, 0.25) is 5.91 Å². The van der Waals surface area contributed by atoms with Crippen LogP contribution in [0.15, 0.2) is 22.7 Å². The Kier molecular flexibility index (Phi) is 9.20. The lowest BCUT2D eigenvalue weighted by Crippen LogP contribution is -2.42. The Morgan fingerprint density at radius 3 is 2.13 bits per heavy atom. The van der Waals surface area contributed by atoms with E-state index in [1.165, 1.54) is 34.2 Å². The fraction of sp³-hybridized carbons (Fsp3) is 0.471. The van der Waals surface area contributed by atoms with E-state index >= 15 is 0 Å². The summed E-state index contributed by atoms with van der Waals surface area (Å²) < 4.78 is 0. The van der Waals surface area contributed by atoms with Crippen LogP contribution in [0.2, 0.25) is 0 Å². The van der Waals surface area contributed by atoms with Crippen LogP contribution in [0.5, 0.6) is 0 Å². The van der Waals surface area contributed by atoms with Crippen molar-refractivity contribution >= 4 is 39.4 Å². The molecule has 1 amide bonds. The van der Waals surface area contributed by atoms with Crippen molar-refractivity contribution in [2.75, 3.05) is 0 Å². The summed E-state index contributed by atoms with van der Waals surface area (Å²) in [6.07, 6.45) is 4.85. The number of carbonyl (C=O) groups excluding carboxylic acids is 1. The first kappa shape index (κ1) is 23.8. The van der Waals surface area contributed by atoms with Gasteiger partial charge >= 0.3 is 11.9 Å². The van der Waals surface area contributed by atoms with Gasteiger partial charge in [-0.15, -0.1) is 0 Å². The Balaban J connectivity index is 2.00. The maximum Gasteiger partial charge on any atom is 0.326 e. The summed E-state index contributed by atoms with van der Waals surface area (Å²) in [5, 5.41) is 22.1. The van der Waals surface area contributed by atoms with Gasteiger partial charge in [0.1, 0.15) is 22.1 Å². The number of aliphatic carboxylic acids is 2. The average Bonchev–Trinajstić information content (AvgIpc) is 3.32. The van der Waals surface area contributed by atoms with Crippen molar-refractivity contribution in [3.63, 3.8) is 0 Å². The third-order valence-electron chi connectivity index (χ3n) is 4.10. The van der Waals surface area contributed by atoms with Crippen LogP contribution in [0.3, 0.4) is 0 Å². The SMILES string of the molecule is CCCCC(=O)N[C@@H](Cc1[nH]cnc1SSc1nc[nH]c1C[C@H](N)C(=O)O)C(=O)O. The fourth-order valence-electron chi connectivity index (χ4n) is 2.45. The van der Waals surface area contributed by atoms with E-state index in [4.69, 9.17) is 10.8 Å². The highest BCUT2D eigenvalue weighted by Crippen LogP contribution is 2.38. The number of rotatable bonds is 13. The van der Waals surface area contributed by atoms with Gasteiger partial charge in [0, 0.05) is 19.3 Å². The molecule has 0 aliphatic heterocycles. The van der Waals surface area contributed by atoms with Gasteiger partial charge in [-0.25, -0.2) is 14.8 Å². The van der Waals surface area contributed by atoms with Crippen molar-refractivity contribution in [1.82, 2.24) is 25.3 Å². The zero-order valence-corrected chi connectivity index (χ0v) is 17.9. The Labute approximate surface area is 180 Å². The summed E-state index contributed by atoms with van der Waals surface area (Å²) in [4.78, 5) is 48.6. The number of aromatic nitrogens is 4. The molecule has 0 radical (unpaired) electrons. The number of amides is 1. The first-order valence-electron chi connectivity index (χ1n) is 9.21. The molecule has 2 heterocycles. The van der Waals surface area contributed by atoms with Crippen molar-refractivity contribution in [3.8, 4) is 0 Å². The molecule has 0 aliphatic rings. The third-order valence-corrected chi connectivity index (χ3v) is 6.40. The maximum atomic E-state index is 11.9. The molecule has 0 fully saturated rings. The zero-order valence-electron chi connectivity index (χ0n) is 16.3. The summed E-state index contributed by atoms with van der Waals surface area (Å²) in [5.41, 5.74) is 6.73. The molecule has 164 valence electrons. The molecule has 7 N–H and O–H groups in total. The molecule has 2 aromatic rings. The lowest BCUT2D eigenvalue weighted by Gasteiger charge is -2.14. The van der Waals surface area contributed by atoms with Crippen LogP contribution < -0.4 is 11.1 Å². The lowest BCUT2D eigenvalue weighted by atomic mass is 10.1. The molecule has 0 saturated heterocycles. The number of unbranched alkanes of at least 4 members (excludes halogenated alkanes) is 1. The number of carboxylic acids is 2. The van der Waals surface area contributed by atoms with Crippen molar-refractivity contribution in [2.45, 2.75) is 61.2 Å². The number of carboxylic acid groups (broad SMARTS) is 2. The van der Waals surface area contributed by atoms with Gasteiger partial charge in [-0.3, -0.25) is 9.59 Å². The number of imidazole rings is 2. The first-order valence-corrected chi connectivity index (χ1v) is 11.4. The predicted molar refractivity (Wildman–Crippen MR) is 111 cm³/mol. The number of carbonyl (C=O) groups is 3. The number of nitrogens with two attached hydrogens (primary N) is 1. The smallest absolute Gasteiger partial charge is 0.326 e. The number of hydrogen-bond donors (Lipinski definition) is 6. The van der Waals surface area contributed by atoms with E-state index in [0.717, 1.165) is 6.42 Å². The highest BCUT2D eigenvalue weighted by molar-refractivity contribution is 8.76. The summed E-state index contributed by atoms with van der Waals surface area (Å²) in [5.74, 6) is -2.54. The third kappa shape index (κ3) is 7.07. The summed E-state index contributed by atoms with van der Waals surface area (Å²) >= 11 is 0. The van der Waals surface area contributed by atoms with Crippen LogP contribution in [0.4, 0.5) is 0 Å². The lowest BCUT2D eigenvalue weighted by molar-refractivity contribution is -0.141.